The maximum atomic E-state index is 11.1. The molecule has 1 heterocycles. The maximum Gasteiger partial charge on any atom is 0.294 e. The highest BCUT2D eigenvalue weighted by Gasteiger charge is 2.24. The average Bonchev–Trinajstić information content (AvgIpc) is 2.53. The number of ether oxygens (including phenoxy) is 1. The fraction of sp³-hybridized carbons (Fsp3) is 0.111. The van der Waals surface area contributed by atoms with Gasteiger partial charge >= 0.3 is 0 Å². The number of carbonyl (C=O) groups excluding carboxylic acids is 1. The van der Waals surface area contributed by atoms with Crippen LogP contribution in [0.2, 0.25) is 0 Å². The second-order valence-corrected chi connectivity index (χ2v) is 2.50. The van der Waals surface area contributed by atoms with Gasteiger partial charge in [-0.15, -0.1) is 0 Å². The molecule has 0 fully saturated rings. The van der Waals surface area contributed by atoms with Crippen molar-refractivity contribution in [1.29, 1.82) is 0 Å². The van der Waals surface area contributed by atoms with Crippen LogP contribution in [0, 0.1) is 0 Å². The van der Waals surface area contributed by atoms with Crippen LogP contribution in [-0.2, 0) is 9.53 Å². The predicted octanol–water partition coefficient (Wildman–Crippen LogP) is 1.31. The first-order valence-electron chi connectivity index (χ1n) is 3.65. The number of nitrogens with zero attached hydrogens (tertiary/aromatic N) is 1. The molecule has 0 saturated carbocycles. The van der Waals surface area contributed by atoms with Gasteiger partial charge in [-0.1, -0.05) is 30.3 Å². The van der Waals surface area contributed by atoms with E-state index in [1.54, 1.807) is 0 Å². The molecule has 0 N–H and O–H groups in total. The van der Waals surface area contributed by atoms with Crippen molar-refractivity contribution in [3.05, 3.63) is 35.9 Å². The molecular formula is C9H7NO2. The fourth-order valence-corrected chi connectivity index (χ4v) is 1.12. The number of amides is 1. The summed E-state index contributed by atoms with van der Waals surface area (Å²) in [5.74, 6) is -0.235. The van der Waals surface area contributed by atoms with Gasteiger partial charge in [-0.3, -0.25) is 4.79 Å². The van der Waals surface area contributed by atoms with Crippen molar-refractivity contribution in [1.82, 2.24) is 0 Å². The number of rotatable bonds is 1. The second kappa shape index (κ2) is 2.77. The summed E-state index contributed by atoms with van der Waals surface area (Å²) in [4.78, 5) is 14.6. The molecule has 1 aromatic rings. The van der Waals surface area contributed by atoms with Crippen molar-refractivity contribution in [2.75, 3.05) is 0 Å². The largest absolute Gasteiger partial charge is 0.465 e. The van der Waals surface area contributed by atoms with Crippen molar-refractivity contribution < 1.29 is 9.53 Å². The molecule has 0 bridgehead atoms. The minimum atomic E-state index is -0.522. The normalized spacial score (nSPS) is 21.0. The molecule has 60 valence electrons. The Hall–Kier alpha value is -1.64. The van der Waals surface area contributed by atoms with Gasteiger partial charge in [0, 0.05) is 5.56 Å². The van der Waals surface area contributed by atoms with Crippen molar-refractivity contribution in [2.24, 2.45) is 4.99 Å². The molecule has 0 radical (unpaired) electrons. The van der Waals surface area contributed by atoms with Gasteiger partial charge in [0.05, 0.1) is 0 Å². The Kier molecular flexibility index (Phi) is 1.63. The molecule has 0 aromatic heterocycles. The van der Waals surface area contributed by atoms with E-state index in [9.17, 15) is 4.79 Å². The molecule has 12 heavy (non-hydrogen) atoms. The Morgan fingerprint density at radius 1 is 1.25 bits per heavy atom. The van der Waals surface area contributed by atoms with Crippen molar-refractivity contribution in [2.45, 2.75) is 6.10 Å². The molecule has 1 aliphatic heterocycles. The zero-order valence-corrected chi connectivity index (χ0v) is 6.31. The summed E-state index contributed by atoms with van der Waals surface area (Å²) in [7, 11) is 0. The lowest BCUT2D eigenvalue weighted by Gasteiger charge is -2.05. The van der Waals surface area contributed by atoms with E-state index < -0.39 is 6.10 Å². The van der Waals surface area contributed by atoms with Crippen LogP contribution in [0.15, 0.2) is 35.3 Å². The molecule has 1 unspecified atom stereocenters. The smallest absolute Gasteiger partial charge is 0.294 e. The third-order valence-electron chi connectivity index (χ3n) is 1.70. The highest BCUT2D eigenvalue weighted by molar-refractivity contribution is 5.92. The molecule has 0 saturated heterocycles. The van der Waals surface area contributed by atoms with Crippen LogP contribution in [0.4, 0.5) is 0 Å². The zero-order valence-electron chi connectivity index (χ0n) is 6.31. The molecule has 3 nitrogen and oxygen atoms in total. The number of carbonyl (C=O) groups is 1. The van der Waals surface area contributed by atoms with Gasteiger partial charge < -0.3 is 4.74 Å². The van der Waals surface area contributed by atoms with Crippen LogP contribution in [0.25, 0.3) is 0 Å². The molecule has 1 amide bonds. The van der Waals surface area contributed by atoms with E-state index in [1.807, 2.05) is 30.3 Å². The minimum Gasteiger partial charge on any atom is -0.465 e. The van der Waals surface area contributed by atoms with E-state index in [2.05, 4.69) is 4.99 Å². The van der Waals surface area contributed by atoms with E-state index in [1.165, 1.54) is 6.40 Å². The van der Waals surface area contributed by atoms with E-state index >= 15 is 0 Å². The van der Waals surface area contributed by atoms with Crippen LogP contribution >= 0.6 is 0 Å². The Morgan fingerprint density at radius 3 is 2.58 bits per heavy atom. The summed E-state index contributed by atoms with van der Waals surface area (Å²) in [6.45, 7) is 0. The SMILES string of the molecule is O=C1N=COC1c1ccccc1. The van der Waals surface area contributed by atoms with Crippen molar-refractivity contribution in [3.63, 3.8) is 0 Å². The Morgan fingerprint density at radius 2 is 2.00 bits per heavy atom. The minimum absolute atomic E-state index is 0.235. The summed E-state index contributed by atoms with van der Waals surface area (Å²) >= 11 is 0. The molecule has 2 rings (SSSR count). The standard InChI is InChI=1S/C9H7NO2/c11-9-8(12-6-10-9)7-4-2-1-3-5-7/h1-6,8H. The summed E-state index contributed by atoms with van der Waals surface area (Å²) < 4.78 is 5.01. The van der Waals surface area contributed by atoms with Crippen molar-refractivity contribution >= 4 is 12.3 Å². The fourth-order valence-electron chi connectivity index (χ4n) is 1.12. The van der Waals surface area contributed by atoms with Crippen LogP contribution < -0.4 is 0 Å². The van der Waals surface area contributed by atoms with Gasteiger partial charge in [0.1, 0.15) is 0 Å². The van der Waals surface area contributed by atoms with E-state index in [-0.39, 0.29) is 5.91 Å². The van der Waals surface area contributed by atoms with Crippen LogP contribution in [0.3, 0.4) is 0 Å². The van der Waals surface area contributed by atoms with E-state index in [0.29, 0.717) is 0 Å². The third-order valence-corrected chi connectivity index (χ3v) is 1.70. The molecule has 3 heteroatoms. The van der Waals surface area contributed by atoms with Crippen LogP contribution in [0.5, 0.6) is 0 Å². The first kappa shape index (κ1) is 7.03. The number of hydrogen-bond donors (Lipinski definition) is 0. The lowest BCUT2D eigenvalue weighted by atomic mass is 10.1. The van der Waals surface area contributed by atoms with Gasteiger partial charge in [0.15, 0.2) is 6.40 Å². The monoisotopic (exact) mass is 161 g/mol. The van der Waals surface area contributed by atoms with Gasteiger partial charge in [-0.05, 0) is 0 Å². The Balaban J connectivity index is 2.27. The number of hydrogen-bond acceptors (Lipinski definition) is 2. The zero-order chi connectivity index (χ0) is 8.39. The van der Waals surface area contributed by atoms with Crippen LogP contribution in [-0.4, -0.2) is 12.3 Å². The lowest BCUT2D eigenvalue weighted by Crippen LogP contribution is -2.05. The summed E-state index contributed by atoms with van der Waals surface area (Å²) in [6, 6.07) is 9.31. The van der Waals surface area contributed by atoms with Crippen molar-refractivity contribution in [3.8, 4) is 0 Å². The quantitative estimate of drug-likeness (QED) is 0.622. The predicted molar refractivity (Wildman–Crippen MR) is 43.8 cm³/mol. The van der Waals surface area contributed by atoms with Gasteiger partial charge in [0.25, 0.3) is 5.91 Å². The highest BCUT2D eigenvalue weighted by Crippen LogP contribution is 2.20. The van der Waals surface area contributed by atoms with E-state index in [4.69, 9.17) is 4.74 Å². The van der Waals surface area contributed by atoms with Gasteiger partial charge in [0.2, 0.25) is 6.10 Å². The molecule has 0 spiro atoms. The Labute approximate surface area is 69.7 Å². The average molecular weight is 161 g/mol. The molecule has 1 aromatic carbocycles. The maximum absolute atomic E-state index is 11.1. The molecular weight excluding hydrogens is 154 g/mol. The summed E-state index contributed by atoms with van der Waals surface area (Å²) in [5.41, 5.74) is 0.847. The summed E-state index contributed by atoms with van der Waals surface area (Å²) in [6.07, 6.45) is 0.672. The van der Waals surface area contributed by atoms with Crippen LogP contribution in [0.1, 0.15) is 11.7 Å². The first-order chi connectivity index (χ1) is 5.88. The topological polar surface area (TPSA) is 38.7 Å². The Bertz CT molecular complexity index is 319. The lowest BCUT2D eigenvalue weighted by molar-refractivity contribution is -0.122. The summed E-state index contributed by atoms with van der Waals surface area (Å²) in [5, 5.41) is 0. The molecule has 1 atom stereocenters. The van der Waals surface area contributed by atoms with Gasteiger partial charge in [-0.2, -0.15) is 4.99 Å². The third kappa shape index (κ3) is 1.09. The molecule has 0 aliphatic carbocycles. The second-order valence-electron chi connectivity index (χ2n) is 2.50. The molecule has 1 aliphatic rings. The van der Waals surface area contributed by atoms with E-state index in [0.717, 1.165) is 5.56 Å². The highest BCUT2D eigenvalue weighted by atomic mass is 16.5. The number of aliphatic imine (C=N–C) groups is 1. The number of benzene rings is 1. The van der Waals surface area contributed by atoms with Gasteiger partial charge in [-0.25, -0.2) is 0 Å². The first-order valence-corrected chi connectivity index (χ1v) is 3.65.